The molecule has 0 aliphatic carbocycles. The van der Waals surface area contributed by atoms with Crippen molar-refractivity contribution in [3.05, 3.63) is 60.6 Å². The van der Waals surface area contributed by atoms with Gasteiger partial charge >= 0.3 is 0 Å². The predicted octanol–water partition coefficient (Wildman–Crippen LogP) is 3.61. The number of pyridine rings is 1. The van der Waals surface area contributed by atoms with Gasteiger partial charge in [-0.2, -0.15) is 10.1 Å². The Balaban J connectivity index is 1.37. The van der Waals surface area contributed by atoms with Gasteiger partial charge in [0.2, 0.25) is 5.95 Å². The van der Waals surface area contributed by atoms with E-state index < -0.39 is 0 Å². The van der Waals surface area contributed by atoms with Crippen LogP contribution >= 0.6 is 0 Å². The number of nitrogens with zero attached hydrogens (tertiary/aromatic N) is 5. The van der Waals surface area contributed by atoms with Crippen LogP contribution in [0.1, 0.15) is 25.0 Å². The van der Waals surface area contributed by atoms with Crippen LogP contribution in [-0.4, -0.2) is 33.3 Å². The van der Waals surface area contributed by atoms with E-state index >= 15 is 0 Å². The molecule has 1 saturated heterocycles. The fourth-order valence-corrected chi connectivity index (χ4v) is 3.16. The van der Waals surface area contributed by atoms with E-state index in [2.05, 4.69) is 60.0 Å². The van der Waals surface area contributed by atoms with Gasteiger partial charge in [0.05, 0.1) is 18.4 Å². The van der Waals surface area contributed by atoms with Gasteiger partial charge in [-0.1, -0.05) is 6.07 Å². The molecular formula is C20H23N7. The first-order valence-electron chi connectivity index (χ1n) is 9.32. The molecule has 0 amide bonds. The molecule has 1 aliphatic heterocycles. The third kappa shape index (κ3) is 4.69. The largest absolute Gasteiger partial charge is 0.372 e. The monoisotopic (exact) mass is 361 g/mol. The maximum absolute atomic E-state index is 4.46. The van der Waals surface area contributed by atoms with Gasteiger partial charge in [0.1, 0.15) is 0 Å². The van der Waals surface area contributed by atoms with Gasteiger partial charge in [0, 0.05) is 30.7 Å². The van der Waals surface area contributed by atoms with Crippen molar-refractivity contribution < 1.29 is 0 Å². The van der Waals surface area contributed by atoms with E-state index in [1.165, 1.54) is 24.9 Å². The quantitative estimate of drug-likeness (QED) is 0.694. The number of nitrogens with one attached hydrogen (secondary N) is 2. The zero-order valence-electron chi connectivity index (χ0n) is 15.2. The summed E-state index contributed by atoms with van der Waals surface area (Å²) in [6.07, 6.45) is 7.27. The van der Waals surface area contributed by atoms with Crippen LogP contribution in [-0.2, 0) is 6.54 Å². The molecule has 1 aromatic carbocycles. The maximum Gasteiger partial charge on any atom is 0.249 e. The molecule has 0 spiro atoms. The zero-order valence-corrected chi connectivity index (χ0v) is 15.2. The fraction of sp³-hybridized carbons (Fsp3) is 0.300. The Labute approximate surface area is 158 Å². The fourth-order valence-electron chi connectivity index (χ4n) is 3.16. The van der Waals surface area contributed by atoms with Crippen molar-refractivity contribution in [1.82, 2.24) is 20.2 Å². The van der Waals surface area contributed by atoms with E-state index in [1.807, 2.05) is 18.2 Å². The molecule has 2 N–H and O–H groups in total. The van der Waals surface area contributed by atoms with Gasteiger partial charge in [-0.05, 0) is 55.7 Å². The number of rotatable bonds is 6. The Morgan fingerprint density at radius 3 is 2.59 bits per heavy atom. The maximum atomic E-state index is 4.46. The molecule has 0 atom stereocenters. The van der Waals surface area contributed by atoms with E-state index in [-0.39, 0.29) is 0 Å². The minimum atomic E-state index is 0.465. The Morgan fingerprint density at radius 2 is 1.81 bits per heavy atom. The summed E-state index contributed by atoms with van der Waals surface area (Å²) in [4.78, 5) is 11.2. The third-order valence-corrected chi connectivity index (χ3v) is 4.58. The van der Waals surface area contributed by atoms with Crippen molar-refractivity contribution in [2.45, 2.75) is 25.8 Å². The van der Waals surface area contributed by atoms with E-state index in [9.17, 15) is 0 Å². The second-order valence-electron chi connectivity index (χ2n) is 6.56. The normalized spacial score (nSPS) is 14.0. The second-order valence-corrected chi connectivity index (χ2v) is 6.56. The molecule has 0 radical (unpaired) electrons. The van der Waals surface area contributed by atoms with E-state index in [0.717, 1.165) is 24.5 Å². The van der Waals surface area contributed by atoms with Gasteiger partial charge in [0.15, 0.2) is 5.82 Å². The van der Waals surface area contributed by atoms with Crippen LogP contribution in [0.5, 0.6) is 0 Å². The SMILES string of the molecule is c1ccc(CNc2cnnc(Nc3ccc(N4CCCCC4)cc3)n2)nc1. The van der Waals surface area contributed by atoms with Gasteiger partial charge < -0.3 is 15.5 Å². The Bertz CT molecular complexity index is 846. The molecule has 2 aromatic heterocycles. The van der Waals surface area contributed by atoms with Crippen molar-refractivity contribution in [2.75, 3.05) is 28.6 Å². The van der Waals surface area contributed by atoms with Crippen molar-refractivity contribution in [2.24, 2.45) is 0 Å². The summed E-state index contributed by atoms with van der Waals surface area (Å²) in [6.45, 7) is 2.87. The predicted molar refractivity (Wildman–Crippen MR) is 107 cm³/mol. The van der Waals surface area contributed by atoms with Crippen LogP contribution in [0.15, 0.2) is 54.9 Å². The molecule has 0 unspecified atom stereocenters. The standard InChI is InChI=1S/C20H23N7/c1-4-12-27(13-5-1)18-9-7-16(8-10-18)24-20-25-19(15-23-26-20)22-14-17-6-2-3-11-21-17/h2-3,6-11,15H,1,4-5,12-14H2,(H2,22,24,25,26). The summed E-state index contributed by atoms with van der Waals surface area (Å²) < 4.78 is 0. The van der Waals surface area contributed by atoms with Gasteiger partial charge in [-0.25, -0.2) is 0 Å². The van der Waals surface area contributed by atoms with E-state index in [0.29, 0.717) is 18.3 Å². The molecule has 27 heavy (non-hydrogen) atoms. The first kappa shape index (κ1) is 17.2. The van der Waals surface area contributed by atoms with Crippen molar-refractivity contribution in [3.63, 3.8) is 0 Å². The van der Waals surface area contributed by atoms with Gasteiger partial charge in [-0.3, -0.25) is 4.98 Å². The molecular weight excluding hydrogens is 338 g/mol. The van der Waals surface area contributed by atoms with Gasteiger partial charge in [-0.15, -0.1) is 5.10 Å². The lowest BCUT2D eigenvalue weighted by Gasteiger charge is -2.28. The van der Waals surface area contributed by atoms with Crippen LogP contribution in [0.4, 0.5) is 23.1 Å². The number of anilines is 4. The summed E-state index contributed by atoms with van der Waals surface area (Å²) in [7, 11) is 0. The van der Waals surface area contributed by atoms with Crippen LogP contribution in [0, 0.1) is 0 Å². The summed E-state index contributed by atoms with van der Waals surface area (Å²) in [6, 6.07) is 14.2. The smallest absolute Gasteiger partial charge is 0.249 e. The highest BCUT2D eigenvalue weighted by Crippen LogP contribution is 2.23. The number of hydrogen-bond acceptors (Lipinski definition) is 7. The molecule has 1 fully saturated rings. The lowest BCUT2D eigenvalue weighted by atomic mass is 10.1. The molecule has 0 bridgehead atoms. The average molecular weight is 361 g/mol. The third-order valence-electron chi connectivity index (χ3n) is 4.58. The summed E-state index contributed by atoms with van der Waals surface area (Å²) >= 11 is 0. The lowest BCUT2D eigenvalue weighted by molar-refractivity contribution is 0.578. The highest BCUT2D eigenvalue weighted by molar-refractivity contribution is 5.59. The molecule has 3 heterocycles. The van der Waals surface area contributed by atoms with Crippen LogP contribution in [0.3, 0.4) is 0 Å². The minimum absolute atomic E-state index is 0.465. The Hall–Kier alpha value is -3.22. The topological polar surface area (TPSA) is 78.9 Å². The Morgan fingerprint density at radius 1 is 0.963 bits per heavy atom. The molecule has 3 aromatic rings. The number of piperidine rings is 1. The lowest BCUT2D eigenvalue weighted by Crippen LogP contribution is -2.29. The first-order valence-corrected chi connectivity index (χ1v) is 9.32. The average Bonchev–Trinajstić information content (AvgIpc) is 2.75. The van der Waals surface area contributed by atoms with Gasteiger partial charge in [0.25, 0.3) is 0 Å². The first-order chi connectivity index (χ1) is 13.4. The molecule has 138 valence electrons. The molecule has 7 nitrogen and oxygen atoms in total. The van der Waals surface area contributed by atoms with Crippen LogP contribution < -0.4 is 15.5 Å². The van der Waals surface area contributed by atoms with Crippen LogP contribution in [0.2, 0.25) is 0 Å². The van der Waals surface area contributed by atoms with E-state index in [4.69, 9.17) is 0 Å². The molecule has 1 aliphatic rings. The molecule has 7 heteroatoms. The minimum Gasteiger partial charge on any atom is -0.372 e. The summed E-state index contributed by atoms with van der Waals surface area (Å²) in [5.41, 5.74) is 3.16. The molecule has 4 rings (SSSR count). The van der Waals surface area contributed by atoms with Crippen molar-refractivity contribution >= 4 is 23.1 Å². The highest BCUT2D eigenvalue weighted by Gasteiger charge is 2.10. The number of aromatic nitrogens is 4. The van der Waals surface area contributed by atoms with Crippen LogP contribution in [0.25, 0.3) is 0 Å². The number of benzene rings is 1. The van der Waals surface area contributed by atoms with E-state index in [1.54, 1.807) is 12.4 Å². The molecule has 0 saturated carbocycles. The Kier molecular flexibility index (Phi) is 5.38. The van der Waals surface area contributed by atoms with Crippen molar-refractivity contribution in [1.29, 1.82) is 0 Å². The number of hydrogen-bond donors (Lipinski definition) is 2. The second kappa shape index (κ2) is 8.44. The zero-order chi connectivity index (χ0) is 18.3. The summed E-state index contributed by atoms with van der Waals surface area (Å²) in [5.74, 6) is 1.12. The highest BCUT2D eigenvalue weighted by atomic mass is 15.3. The summed E-state index contributed by atoms with van der Waals surface area (Å²) in [5, 5.41) is 14.5. The van der Waals surface area contributed by atoms with Crippen molar-refractivity contribution in [3.8, 4) is 0 Å².